The fourth-order valence-corrected chi connectivity index (χ4v) is 2.51. The minimum absolute atomic E-state index is 0.0280. The fraction of sp³-hybridized carbons (Fsp3) is 0.533. The highest BCUT2D eigenvalue weighted by molar-refractivity contribution is 5.85. The lowest BCUT2D eigenvalue weighted by Crippen LogP contribution is -2.48. The van der Waals surface area contributed by atoms with Gasteiger partial charge in [-0.05, 0) is 50.3 Å². The van der Waals surface area contributed by atoms with Crippen molar-refractivity contribution in [2.75, 3.05) is 6.54 Å². The summed E-state index contributed by atoms with van der Waals surface area (Å²) in [6.45, 7) is 1.51. The molecule has 0 aliphatic heterocycles. The maximum Gasteiger partial charge on any atom is 0.252 e. The average molecular weight is 281 g/mol. The Morgan fingerprint density at radius 2 is 1.90 bits per heavy atom. The second-order valence-electron chi connectivity index (χ2n) is 5.70. The standard InChI is InChI=1S/C15H20FNO3/c1-14(19,11-4-6-12(16)7-5-11)10-17-13(18)15(20)8-2-3-9-15/h4-7,19-20H,2-3,8-10H2,1H3,(H,17,18). The largest absolute Gasteiger partial charge is 0.384 e. The summed E-state index contributed by atoms with van der Waals surface area (Å²) in [6, 6.07) is 5.48. The third-order valence-electron chi connectivity index (χ3n) is 3.91. The summed E-state index contributed by atoms with van der Waals surface area (Å²) >= 11 is 0. The van der Waals surface area contributed by atoms with Crippen LogP contribution in [0.2, 0.25) is 0 Å². The zero-order valence-electron chi connectivity index (χ0n) is 11.5. The lowest BCUT2D eigenvalue weighted by atomic mass is 9.95. The van der Waals surface area contributed by atoms with E-state index in [1.807, 2.05) is 0 Å². The first-order valence-corrected chi connectivity index (χ1v) is 6.83. The van der Waals surface area contributed by atoms with Crippen molar-refractivity contribution in [1.82, 2.24) is 5.32 Å². The molecular weight excluding hydrogens is 261 g/mol. The molecule has 110 valence electrons. The molecule has 4 nitrogen and oxygen atoms in total. The van der Waals surface area contributed by atoms with Gasteiger partial charge in [0.25, 0.3) is 5.91 Å². The summed E-state index contributed by atoms with van der Waals surface area (Å²) in [5.74, 6) is -0.828. The Hall–Kier alpha value is -1.46. The van der Waals surface area contributed by atoms with Gasteiger partial charge < -0.3 is 15.5 Å². The molecule has 1 aliphatic rings. The average Bonchev–Trinajstić information content (AvgIpc) is 2.85. The minimum Gasteiger partial charge on any atom is -0.384 e. The van der Waals surface area contributed by atoms with E-state index in [1.54, 1.807) is 6.92 Å². The third kappa shape index (κ3) is 3.16. The number of rotatable bonds is 4. The van der Waals surface area contributed by atoms with Crippen molar-refractivity contribution in [3.8, 4) is 0 Å². The maximum absolute atomic E-state index is 12.9. The highest BCUT2D eigenvalue weighted by atomic mass is 19.1. The predicted molar refractivity (Wildman–Crippen MR) is 72.4 cm³/mol. The molecule has 20 heavy (non-hydrogen) atoms. The van der Waals surface area contributed by atoms with Gasteiger partial charge in [-0.25, -0.2) is 4.39 Å². The van der Waals surface area contributed by atoms with Gasteiger partial charge in [0.2, 0.25) is 0 Å². The van der Waals surface area contributed by atoms with E-state index in [-0.39, 0.29) is 12.4 Å². The number of carbonyl (C=O) groups is 1. The van der Waals surface area contributed by atoms with Crippen molar-refractivity contribution in [2.24, 2.45) is 0 Å². The summed E-state index contributed by atoms with van der Waals surface area (Å²) in [5.41, 5.74) is -2.10. The number of aliphatic hydroxyl groups is 2. The van der Waals surface area contributed by atoms with Crippen molar-refractivity contribution in [3.05, 3.63) is 35.6 Å². The first kappa shape index (κ1) is 14.9. The summed E-state index contributed by atoms with van der Waals surface area (Å²) in [4.78, 5) is 12.0. The number of halogens is 1. The zero-order valence-corrected chi connectivity index (χ0v) is 11.5. The van der Waals surface area contributed by atoms with E-state index in [0.717, 1.165) is 12.8 Å². The highest BCUT2D eigenvalue weighted by Crippen LogP contribution is 2.30. The van der Waals surface area contributed by atoms with Crippen LogP contribution in [0.15, 0.2) is 24.3 Å². The van der Waals surface area contributed by atoms with Crippen LogP contribution in [0.1, 0.15) is 38.2 Å². The summed E-state index contributed by atoms with van der Waals surface area (Å²) in [7, 11) is 0. The normalized spacial score (nSPS) is 20.4. The number of benzene rings is 1. The van der Waals surface area contributed by atoms with Crippen LogP contribution in [-0.4, -0.2) is 28.3 Å². The number of nitrogens with one attached hydrogen (secondary N) is 1. The second-order valence-corrected chi connectivity index (χ2v) is 5.70. The molecule has 1 atom stereocenters. The van der Waals surface area contributed by atoms with Gasteiger partial charge in [-0.2, -0.15) is 0 Å². The quantitative estimate of drug-likeness (QED) is 0.782. The summed E-state index contributed by atoms with van der Waals surface area (Å²) in [6.07, 6.45) is 2.57. The van der Waals surface area contributed by atoms with Gasteiger partial charge >= 0.3 is 0 Å². The maximum atomic E-state index is 12.9. The Labute approximate surface area is 117 Å². The number of carbonyl (C=O) groups excluding carboxylic acids is 1. The van der Waals surface area contributed by atoms with Gasteiger partial charge in [-0.1, -0.05) is 12.1 Å². The molecule has 0 spiro atoms. The molecule has 1 aliphatic carbocycles. The van der Waals surface area contributed by atoms with E-state index in [9.17, 15) is 19.4 Å². The second kappa shape index (κ2) is 5.50. The van der Waals surface area contributed by atoms with E-state index in [0.29, 0.717) is 18.4 Å². The molecule has 0 aromatic heterocycles. The molecule has 2 rings (SSSR count). The molecule has 5 heteroatoms. The molecular formula is C15H20FNO3. The SMILES string of the molecule is CC(O)(CNC(=O)C1(O)CCCC1)c1ccc(F)cc1. The number of amides is 1. The van der Waals surface area contributed by atoms with Gasteiger partial charge in [0.05, 0.1) is 6.54 Å². The molecule has 1 fully saturated rings. The molecule has 0 heterocycles. The summed E-state index contributed by atoms with van der Waals surface area (Å²) < 4.78 is 12.9. The molecule has 1 amide bonds. The molecule has 0 saturated heterocycles. The van der Waals surface area contributed by atoms with Crippen LogP contribution in [0.4, 0.5) is 4.39 Å². The van der Waals surface area contributed by atoms with E-state index in [4.69, 9.17) is 0 Å². The molecule has 0 radical (unpaired) electrons. The van der Waals surface area contributed by atoms with Gasteiger partial charge in [0.15, 0.2) is 0 Å². The van der Waals surface area contributed by atoms with E-state index in [2.05, 4.69) is 5.32 Å². The Morgan fingerprint density at radius 3 is 2.45 bits per heavy atom. The Morgan fingerprint density at radius 1 is 1.35 bits per heavy atom. The molecule has 0 bridgehead atoms. The Bertz CT molecular complexity index is 478. The predicted octanol–water partition coefficient (Wildman–Crippen LogP) is 1.45. The van der Waals surface area contributed by atoms with Crippen LogP contribution in [0.25, 0.3) is 0 Å². The number of hydrogen-bond acceptors (Lipinski definition) is 3. The highest BCUT2D eigenvalue weighted by Gasteiger charge is 2.39. The molecule has 1 saturated carbocycles. The summed E-state index contributed by atoms with van der Waals surface area (Å²) in [5, 5.41) is 23.0. The molecule has 1 aromatic rings. The van der Waals surface area contributed by atoms with Crippen LogP contribution in [0, 0.1) is 5.82 Å². The molecule has 1 unspecified atom stereocenters. The Kier molecular flexibility index (Phi) is 4.11. The van der Waals surface area contributed by atoms with Crippen LogP contribution in [-0.2, 0) is 10.4 Å². The third-order valence-corrected chi connectivity index (χ3v) is 3.91. The van der Waals surface area contributed by atoms with Crippen molar-refractivity contribution in [3.63, 3.8) is 0 Å². The van der Waals surface area contributed by atoms with E-state index < -0.39 is 17.1 Å². The molecule has 3 N–H and O–H groups in total. The van der Waals surface area contributed by atoms with E-state index in [1.165, 1.54) is 24.3 Å². The van der Waals surface area contributed by atoms with Crippen molar-refractivity contribution >= 4 is 5.91 Å². The topological polar surface area (TPSA) is 69.6 Å². The van der Waals surface area contributed by atoms with Crippen molar-refractivity contribution in [1.29, 1.82) is 0 Å². The van der Waals surface area contributed by atoms with Gasteiger partial charge in [-0.15, -0.1) is 0 Å². The first-order chi connectivity index (χ1) is 9.33. The van der Waals surface area contributed by atoms with Crippen LogP contribution in [0.3, 0.4) is 0 Å². The van der Waals surface area contributed by atoms with E-state index >= 15 is 0 Å². The zero-order chi connectivity index (χ0) is 14.8. The van der Waals surface area contributed by atoms with Gasteiger partial charge in [0, 0.05) is 0 Å². The smallest absolute Gasteiger partial charge is 0.252 e. The Balaban J connectivity index is 1.98. The van der Waals surface area contributed by atoms with Crippen LogP contribution < -0.4 is 5.32 Å². The number of hydrogen-bond donors (Lipinski definition) is 3. The minimum atomic E-state index is -1.31. The van der Waals surface area contributed by atoms with Crippen LogP contribution in [0.5, 0.6) is 0 Å². The molecule has 1 aromatic carbocycles. The van der Waals surface area contributed by atoms with Gasteiger partial charge in [-0.3, -0.25) is 4.79 Å². The monoisotopic (exact) mass is 281 g/mol. The van der Waals surface area contributed by atoms with Crippen LogP contribution >= 0.6 is 0 Å². The van der Waals surface area contributed by atoms with Crippen molar-refractivity contribution in [2.45, 2.75) is 43.8 Å². The lowest BCUT2D eigenvalue weighted by Gasteiger charge is -2.27. The first-order valence-electron chi connectivity index (χ1n) is 6.83. The fourth-order valence-electron chi connectivity index (χ4n) is 2.51. The van der Waals surface area contributed by atoms with Gasteiger partial charge in [0.1, 0.15) is 17.0 Å². The lowest BCUT2D eigenvalue weighted by molar-refractivity contribution is -0.140. The van der Waals surface area contributed by atoms with Crippen molar-refractivity contribution < 1.29 is 19.4 Å².